The maximum absolute atomic E-state index is 10.9. The Labute approximate surface area is 90.9 Å². The fourth-order valence-electron chi connectivity index (χ4n) is 1.08. The third-order valence-electron chi connectivity index (χ3n) is 2.36. The van der Waals surface area contributed by atoms with Crippen LogP contribution in [-0.2, 0) is 14.3 Å². The number of ether oxygens (including phenoxy) is 2. The molecule has 1 N–H and O–H groups in total. The van der Waals surface area contributed by atoms with Gasteiger partial charge >= 0.3 is 5.97 Å². The lowest BCUT2D eigenvalue weighted by atomic mass is 9.86. The monoisotopic (exact) mass is 216 g/mol. The number of hydrogen-bond acceptors (Lipinski definition) is 3. The SMILES string of the molecule is C=CC(C)(CCCOCCOC)C(=O)O. The van der Waals surface area contributed by atoms with Crippen LogP contribution < -0.4 is 0 Å². The zero-order chi connectivity index (χ0) is 11.7. The third kappa shape index (κ3) is 5.54. The van der Waals surface area contributed by atoms with Gasteiger partial charge in [0, 0.05) is 13.7 Å². The van der Waals surface area contributed by atoms with Crippen molar-refractivity contribution >= 4 is 5.97 Å². The highest BCUT2D eigenvalue weighted by Crippen LogP contribution is 2.24. The van der Waals surface area contributed by atoms with Crippen LogP contribution >= 0.6 is 0 Å². The van der Waals surface area contributed by atoms with E-state index in [1.807, 2.05) is 0 Å². The van der Waals surface area contributed by atoms with Crippen molar-refractivity contribution in [1.29, 1.82) is 0 Å². The van der Waals surface area contributed by atoms with Crippen molar-refractivity contribution in [2.45, 2.75) is 19.8 Å². The second-order valence-corrected chi connectivity index (χ2v) is 3.64. The molecule has 0 aromatic rings. The summed E-state index contributed by atoms with van der Waals surface area (Å²) in [6, 6.07) is 0. The maximum atomic E-state index is 10.9. The van der Waals surface area contributed by atoms with E-state index in [9.17, 15) is 4.79 Å². The molecule has 1 unspecified atom stereocenters. The van der Waals surface area contributed by atoms with E-state index in [4.69, 9.17) is 14.6 Å². The maximum Gasteiger partial charge on any atom is 0.313 e. The topological polar surface area (TPSA) is 55.8 Å². The number of hydrogen-bond donors (Lipinski definition) is 1. The molecule has 88 valence electrons. The van der Waals surface area contributed by atoms with Crippen LogP contribution in [0.15, 0.2) is 12.7 Å². The van der Waals surface area contributed by atoms with Crippen LogP contribution in [0.25, 0.3) is 0 Å². The first-order valence-electron chi connectivity index (χ1n) is 5.00. The van der Waals surface area contributed by atoms with Gasteiger partial charge in [0.1, 0.15) is 0 Å². The predicted molar refractivity (Wildman–Crippen MR) is 57.9 cm³/mol. The summed E-state index contributed by atoms with van der Waals surface area (Å²) >= 11 is 0. The minimum absolute atomic E-state index is 0.540. The molecule has 0 fully saturated rings. The second kappa shape index (κ2) is 7.43. The molecule has 0 aliphatic carbocycles. The lowest BCUT2D eigenvalue weighted by molar-refractivity contribution is -0.145. The Morgan fingerprint density at radius 3 is 2.60 bits per heavy atom. The Kier molecular flexibility index (Phi) is 6.99. The summed E-state index contributed by atoms with van der Waals surface area (Å²) in [6.45, 7) is 6.88. The van der Waals surface area contributed by atoms with Crippen LogP contribution in [0, 0.1) is 5.41 Å². The van der Waals surface area contributed by atoms with E-state index < -0.39 is 11.4 Å². The van der Waals surface area contributed by atoms with Gasteiger partial charge in [0.25, 0.3) is 0 Å². The van der Waals surface area contributed by atoms with E-state index in [2.05, 4.69) is 6.58 Å². The van der Waals surface area contributed by atoms with Crippen LogP contribution in [0.2, 0.25) is 0 Å². The number of carboxylic acid groups (broad SMARTS) is 1. The predicted octanol–water partition coefficient (Wildman–Crippen LogP) is 1.71. The highest BCUT2D eigenvalue weighted by molar-refractivity contribution is 5.76. The Bertz CT molecular complexity index is 203. The van der Waals surface area contributed by atoms with Crippen LogP contribution in [0.5, 0.6) is 0 Å². The molecule has 1 atom stereocenters. The molecule has 0 aromatic heterocycles. The van der Waals surface area contributed by atoms with Crippen molar-refractivity contribution in [1.82, 2.24) is 0 Å². The summed E-state index contributed by atoms with van der Waals surface area (Å²) in [7, 11) is 1.61. The summed E-state index contributed by atoms with van der Waals surface area (Å²) in [4.78, 5) is 10.9. The molecular weight excluding hydrogens is 196 g/mol. The lowest BCUT2D eigenvalue weighted by Crippen LogP contribution is -2.25. The van der Waals surface area contributed by atoms with E-state index in [1.54, 1.807) is 14.0 Å². The molecule has 0 spiro atoms. The molecule has 0 bridgehead atoms. The summed E-state index contributed by atoms with van der Waals surface area (Å²) < 4.78 is 10.1. The highest BCUT2D eigenvalue weighted by atomic mass is 16.5. The van der Waals surface area contributed by atoms with Crippen molar-refractivity contribution < 1.29 is 19.4 Å². The van der Waals surface area contributed by atoms with Crippen molar-refractivity contribution in [2.75, 3.05) is 26.9 Å². The highest BCUT2D eigenvalue weighted by Gasteiger charge is 2.28. The molecule has 0 rings (SSSR count). The van der Waals surface area contributed by atoms with Crippen LogP contribution in [0.3, 0.4) is 0 Å². The van der Waals surface area contributed by atoms with E-state index in [0.29, 0.717) is 32.7 Å². The fraction of sp³-hybridized carbons (Fsp3) is 0.727. The number of aliphatic carboxylic acids is 1. The molecular formula is C11H20O4. The molecule has 4 nitrogen and oxygen atoms in total. The van der Waals surface area contributed by atoms with Gasteiger partial charge < -0.3 is 14.6 Å². The molecule has 0 saturated heterocycles. The minimum Gasteiger partial charge on any atom is -0.481 e. The lowest BCUT2D eigenvalue weighted by Gasteiger charge is -2.19. The van der Waals surface area contributed by atoms with Gasteiger partial charge in [-0.15, -0.1) is 6.58 Å². The van der Waals surface area contributed by atoms with Gasteiger partial charge in [-0.2, -0.15) is 0 Å². The molecule has 4 heteroatoms. The van der Waals surface area contributed by atoms with Gasteiger partial charge in [-0.3, -0.25) is 4.79 Å². The van der Waals surface area contributed by atoms with Crippen LogP contribution in [-0.4, -0.2) is 38.0 Å². The number of carbonyl (C=O) groups is 1. The number of carboxylic acids is 1. The van der Waals surface area contributed by atoms with E-state index in [1.165, 1.54) is 6.08 Å². The summed E-state index contributed by atoms with van der Waals surface area (Å²) in [5.41, 5.74) is -0.843. The largest absolute Gasteiger partial charge is 0.481 e. The Hall–Kier alpha value is -0.870. The number of rotatable bonds is 9. The van der Waals surface area contributed by atoms with E-state index >= 15 is 0 Å². The van der Waals surface area contributed by atoms with Gasteiger partial charge in [-0.05, 0) is 19.8 Å². The molecule has 0 aliphatic heterocycles. The molecule has 0 saturated carbocycles. The zero-order valence-corrected chi connectivity index (χ0v) is 9.49. The smallest absolute Gasteiger partial charge is 0.313 e. The Morgan fingerprint density at radius 2 is 2.13 bits per heavy atom. The van der Waals surface area contributed by atoms with Gasteiger partial charge in [0.05, 0.1) is 18.6 Å². The number of methoxy groups -OCH3 is 1. The van der Waals surface area contributed by atoms with Crippen molar-refractivity contribution in [3.05, 3.63) is 12.7 Å². The van der Waals surface area contributed by atoms with E-state index in [-0.39, 0.29) is 0 Å². The van der Waals surface area contributed by atoms with Crippen molar-refractivity contribution in [3.8, 4) is 0 Å². The molecule has 0 radical (unpaired) electrons. The van der Waals surface area contributed by atoms with E-state index in [0.717, 1.165) is 0 Å². The minimum atomic E-state index is -0.843. The molecule has 15 heavy (non-hydrogen) atoms. The van der Waals surface area contributed by atoms with Crippen LogP contribution in [0.4, 0.5) is 0 Å². The molecule has 0 amide bonds. The van der Waals surface area contributed by atoms with Gasteiger partial charge in [0.2, 0.25) is 0 Å². The first-order valence-corrected chi connectivity index (χ1v) is 5.00. The van der Waals surface area contributed by atoms with Crippen molar-refractivity contribution in [3.63, 3.8) is 0 Å². The Balaban J connectivity index is 3.64. The standard InChI is InChI=1S/C11H20O4/c1-4-11(2,10(12)13)6-5-7-15-9-8-14-3/h4H,1,5-9H2,2-3H3,(H,12,13). The summed E-state index contributed by atoms with van der Waals surface area (Å²) in [5, 5.41) is 8.94. The average Bonchev–Trinajstić information content (AvgIpc) is 2.22. The van der Waals surface area contributed by atoms with Gasteiger partial charge in [-0.1, -0.05) is 6.08 Å². The molecule has 0 heterocycles. The molecule has 0 aromatic carbocycles. The summed E-state index contributed by atoms with van der Waals surface area (Å²) in [6.07, 6.45) is 2.72. The van der Waals surface area contributed by atoms with Gasteiger partial charge in [-0.25, -0.2) is 0 Å². The summed E-state index contributed by atoms with van der Waals surface area (Å²) in [5.74, 6) is -0.839. The van der Waals surface area contributed by atoms with Gasteiger partial charge in [0.15, 0.2) is 0 Å². The normalized spacial score (nSPS) is 14.5. The van der Waals surface area contributed by atoms with Crippen molar-refractivity contribution in [2.24, 2.45) is 5.41 Å². The third-order valence-corrected chi connectivity index (χ3v) is 2.36. The van der Waals surface area contributed by atoms with Crippen LogP contribution in [0.1, 0.15) is 19.8 Å². The second-order valence-electron chi connectivity index (χ2n) is 3.64. The quantitative estimate of drug-likeness (QED) is 0.471. The zero-order valence-electron chi connectivity index (χ0n) is 9.49. The molecule has 0 aliphatic rings. The fourth-order valence-corrected chi connectivity index (χ4v) is 1.08. The first kappa shape index (κ1) is 14.1. The average molecular weight is 216 g/mol. The first-order chi connectivity index (χ1) is 7.06. The Morgan fingerprint density at radius 1 is 1.47 bits per heavy atom.